The zero-order valence-electron chi connectivity index (χ0n) is 7.95. The Bertz CT molecular complexity index is 492. The number of aliphatic hydroxyl groups excluding tert-OH is 1. The fourth-order valence-electron chi connectivity index (χ4n) is 1.53. The van der Waals surface area contributed by atoms with Crippen molar-refractivity contribution >= 4 is 27.0 Å². The molecule has 0 amide bonds. The van der Waals surface area contributed by atoms with E-state index in [4.69, 9.17) is 0 Å². The van der Waals surface area contributed by atoms with Crippen LogP contribution in [-0.4, -0.2) is 20.1 Å². The molecule has 0 saturated carbocycles. The number of benzene rings is 1. The number of fused-ring (bicyclic) bond motifs is 1. The van der Waals surface area contributed by atoms with Crippen molar-refractivity contribution in [3.63, 3.8) is 0 Å². The Morgan fingerprint density at radius 1 is 1.57 bits per heavy atom. The largest absolute Gasteiger partial charge is 0.392 e. The van der Waals surface area contributed by atoms with Crippen molar-refractivity contribution in [2.75, 3.05) is 0 Å². The molecule has 0 saturated heterocycles. The van der Waals surface area contributed by atoms with Gasteiger partial charge >= 0.3 is 0 Å². The van der Waals surface area contributed by atoms with Gasteiger partial charge in [-0.15, -0.1) is 5.10 Å². The molecule has 0 aliphatic heterocycles. The smallest absolute Gasteiger partial charge is 0.117 e. The van der Waals surface area contributed by atoms with E-state index in [1.54, 1.807) is 4.68 Å². The quantitative estimate of drug-likeness (QED) is 0.841. The number of aromatic nitrogens is 3. The topological polar surface area (TPSA) is 50.9 Å². The molecule has 14 heavy (non-hydrogen) atoms. The fourth-order valence-corrected chi connectivity index (χ4v) is 2.00. The SMILES string of the molecule is Cc1c(Br)cc(CO)c2c1nnn2C. The number of hydrogen-bond acceptors (Lipinski definition) is 3. The monoisotopic (exact) mass is 255 g/mol. The minimum Gasteiger partial charge on any atom is -0.392 e. The molecule has 0 bridgehead atoms. The maximum Gasteiger partial charge on any atom is 0.117 e. The molecule has 0 aliphatic rings. The van der Waals surface area contributed by atoms with Crippen LogP contribution < -0.4 is 0 Å². The maximum absolute atomic E-state index is 9.20. The molecule has 0 radical (unpaired) electrons. The van der Waals surface area contributed by atoms with E-state index in [2.05, 4.69) is 26.2 Å². The number of rotatable bonds is 1. The highest BCUT2D eigenvalue weighted by atomic mass is 79.9. The van der Waals surface area contributed by atoms with Gasteiger partial charge in [0.15, 0.2) is 0 Å². The second-order valence-corrected chi connectivity index (χ2v) is 4.07. The van der Waals surface area contributed by atoms with Crippen LogP contribution in [0.2, 0.25) is 0 Å². The average molecular weight is 256 g/mol. The van der Waals surface area contributed by atoms with Crippen LogP contribution in [0.4, 0.5) is 0 Å². The van der Waals surface area contributed by atoms with Gasteiger partial charge in [0.05, 0.1) is 12.1 Å². The number of hydrogen-bond donors (Lipinski definition) is 1. The lowest BCUT2D eigenvalue weighted by atomic mass is 10.1. The number of halogens is 1. The number of aliphatic hydroxyl groups is 1. The van der Waals surface area contributed by atoms with Crippen LogP contribution in [0.5, 0.6) is 0 Å². The minimum absolute atomic E-state index is 0.00338. The predicted octanol–water partition coefficient (Wildman–Crippen LogP) is 1.53. The van der Waals surface area contributed by atoms with Crippen LogP contribution in [0.25, 0.3) is 11.0 Å². The molecule has 1 heterocycles. The molecule has 4 nitrogen and oxygen atoms in total. The van der Waals surface area contributed by atoms with Crippen LogP contribution in [0.3, 0.4) is 0 Å². The third-order valence-electron chi connectivity index (χ3n) is 2.32. The third kappa shape index (κ3) is 1.24. The van der Waals surface area contributed by atoms with E-state index >= 15 is 0 Å². The summed E-state index contributed by atoms with van der Waals surface area (Å²) in [7, 11) is 1.82. The van der Waals surface area contributed by atoms with Crippen LogP contribution in [-0.2, 0) is 13.7 Å². The second kappa shape index (κ2) is 3.33. The van der Waals surface area contributed by atoms with Gasteiger partial charge in [-0.1, -0.05) is 21.1 Å². The summed E-state index contributed by atoms with van der Waals surface area (Å²) in [6.07, 6.45) is 0. The maximum atomic E-state index is 9.20. The molecule has 1 aromatic carbocycles. The van der Waals surface area contributed by atoms with Gasteiger partial charge in [-0.05, 0) is 18.6 Å². The fraction of sp³-hybridized carbons (Fsp3) is 0.333. The summed E-state index contributed by atoms with van der Waals surface area (Å²) in [5.74, 6) is 0. The van der Waals surface area contributed by atoms with Gasteiger partial charge in [0.1, 0.15) is 5.52 Å². The van der Waals surface area contributed by atoms with Crippen molar-refractivity contribution in [1.29, 1.82) is 0 Å². The molecule has 2 aromatic rings. The van der Waals surface area contributed by atoms with E-state index in [0.29, 0.717) is 0 Å². The van der Waals surface area contributed by atoms with E-state index in [0.717, 1.165) is 26.6 Å². The second-order valence-electron chi connectivity index (χ2n) is 3.21. The molecular weight excluding hydrogens is 246 g/mol. The first-order valence-corrected chi connectivity index (χ1v) is 5.02. The predicted molar refractivity (Wildman–Crippen MR) is 56.9 cm³/mol. The van der Waals surface area contributed by atoms with Gasteiger partial charge in [0.2, 0.25) is 0 Å². The summed E-state index contributed by atoms with van der Waals surface area (Å²) in [5.41, 5.74) is 3.62. The molecule has 1 N–H and O–H groups in total. The van der Waals surface area contributed by atoms with Gasteiger partial charge in [-0.25, -0.2) is 4.68 Å². The minimum atomic E-state index is -0.00338. The van der Waals surface area contributed by atoms with Gasteiger partial charge in [0, 0.05) is 17.1 Å². The van der Waals surface area contributed by atoms with Crippen molar-refractivity contribution in [1.82, 2.24) is 15.0 Å². The zero-order valence-corrected chi connectivity index (χ0v) is 9.54. The molecule has 2 rings (SSSR count). The van der Waals surface area contributed by atoms with E-state index < -0.39 is 0 Å². The summed E-state index contributed by atoms with van der Waals surface area (Å²) >= 11 is 3.43. The van der Waals surface area contributed by atoms with Gasteiger partial charge in [0.25, 0.3) is 0 Å². The highest BCUT2D eigenvalue weighted by Gasteiger charge is 2.12. The molecule has 0 atom stereocenters. The van der Waals surface area contributed by atoms with E-state index in [-0.39, 0.29) is 6.61 Å². The number of aryl methyl sites for hydroxylation is 2. The first-order valence-electron chi connectivity index (χ1n) is 4.23. The molecule has 0 fully saturated rings. The van der Waals surface area contributed by atoms with Crippen LogP contribution >= 0.6 is 15.9 Å². The van der Waals surface area contributed by atoms with Crippen molar-refractivity contribution in [2.45, 2.75) is 13.5 Å². The lowest BCUT2D eigenvalue weighted by Gasteiger charge is -2.04. The summed E-state index contributed by atoms with van der Waals surface area (Å²) in [6.45, 7) is 1.97. The highest BCUT2D eigenvalue weighted by molar-refractivity contribution is 9.10. The van der Waals surface area contributed by atoms with Crippen molar-refractivity contribution < 1.29 is 5.11 Å². The molecule has 1 aromatic heterocycles. The van der Waals surface area contributed by atoms with Crippen LogP contribution in [0, 0.1) is 6.92 Å². The van der Waals surface area contributed by atoms with Gasteiger partial charge < -0.3 is 5.11 Å². The Balaban J connectivity index is 2.92. The standard InChI is InChI=1S/C9H10BrN3O/c1-5-7(10)3-6(4-14)9-8(5)11-12-13(9)2/h3,14H,4H2,1-2H3. The Morgan fingerprint density at radius 3 is 2.93 bits per heavy atom. The normalized spacial score (nSPS) is 11.1. The molecule has 0 aliphatic carbocycles. The number of nitrogens with zero attached hydrogens (tertiary/aromatic N) is 3. The van der Waals surface area contributed by atoms with Crippen LogP contribution in [0.15, 0.2) is 10.5 Å². The Morgan fingerprint density at radius 2 is 2.29 bits per heavy atom. The van der Waals surface area contributed by atoms with Gasteiger partial charge in [-0.3, -0.25) is 0 Å². The first kappa shape index (κ1) is 9.61. The summed E-state index contributed by atoms with van der Waals surface area (Å²) in [6, 6.07) is 1.90. The molecule has 5 heteroatoms. The van der Waals surface area contributed by atoms with E-state index in [9.17, 15) is 5.11 Å². The summed E-state index contributed by atoms with van der Waals surface area (Å²) < 4.78 is 2.63. The Hall–Kier alpha value is -0.940. The van der Waals surface area contributed by atoms with Crippen molar-refractivity contribution in [2.24, 2.45) is 7.05 Å². The molecule has 74 valence electrons. The first-order chi connectivity index (χ1) is 6.65. The Kier molecular flexibility index (Phi) is 2.28. The van der Waals surface area contributed by atoms with Crippen molar-refractivity contribution in [3.05, 3.63) is 21.7 Å². The average Bonchev–Trinajstić information content (AvgIpc) is 2.55. The Labute approximate surface area is 89.7 Å². The highest BCUT2D eigenvalue weighted by Crippen LogP contribution is 2.27. The molecule has 0 unspecified atom stereocenters. The molecular formula is C9H10BrN3O. The lowest BCUT2D eigenvalue weighted by Crippen LogP contribution is -1.95. The van der Waals surface area contributed by atoms with Crippen LogP contribution in [0.1, 0.15) is 11.1 Å². The zero-order chi connectivity index (χ0) is 10.3. The molecule has 0 spiro atoms. The van der Waals surface area contributed by atoms with Gasteiger partial charge in [-0.2, -0.15) is 0 Å². The summed E-state index contributed by atoms with van der Waals surface area (Å²) in [4.78, 5) is 0. The van der Waals surface area contributed by atoms with E-state index in [1.165, 1.54) is 0 Å². The lowest BCUT2D eigenvalue weighted by molar-refractivity contribution is 0.282. The van der Waals surface area contributed by atoms with E-state index in [1.807, 2.05) is 20.0 Å². The summed E-state index contributed by atoms with van der Waals surface area (Å²) in [5, 5.41) is 17.2. The third-order valence-corrected chi connectivity index (χ3v) is 3.14. The van der Waals surface area contributed by atoms with Crippen molar-refractivity contribution in [3.8, 4) is 0 Å².